The van der Waals surface area contributed by atoms with Crippen LogP contribution in [0.3, 0.4) is 0 Å². The van der Waals surface area contributed by atoms with Crippen LogP contribution < -0.4 is 0 Å². The Morgan fingerprint density at radius 1 is 0.870 bits per heavy atom. The van der Waals surface area contributed by atoms with Gasteiger partial charge in [-0.3, -0.25) is 0 Å². The van der Waals surface area contributed by atoms with Gasteiger partial charge in [-0.05, 0) is 12.8 Å². The molecular formula is C36H38BNO8. The summed E-state index contributed by atoms with van der Waals surface area (Å²) >= 11 is 0. The second kappa shape index (κ2) is 16.6. The van der Waals surface area contributed by atoms with Crippen LogP contribution in [-0.4, -0.2) is 79.1 Å². The number of aromatic nitrogens is 1. The standard InChI is InChI=1S/C36H38BNO8/c1-4-27(37-3)21-38-31-15-13-25(34(41)24-11-7-6-8-12-24)19-29(31)30-20-26(14-16-32(30)38)35(42)36(43)46-23-28(39)22-44-17-9-10-18-45-33(40)5-2/h5-8,11-16,19-20,27-28,39H,2-4,9-10,17-18,21-23H2,1H3. The fourth-order valence-corrected chi connectivity index (χ4v) is 5.10. The summed E-state index contributed by atoms with van der Waals surface area (Å²) < 4.78 is 17.5. The van der Waals surface area contributed by atoms with Gasteiger partial charge in [0.15, 0.2) is 0 Å². The Balaban J connectivity index is 1.47. The molecule has 0 aliphatic heterocycles. The quantitative estimate of drug-likeness (QED) is 0.0412. The molecule has 2 atom stereocenters. The van der Waals surface area contributed by atoms with Crippen molar-refractivity contribution in [3.8, 4) is 0 Å². The van der Waals surface area contributed by atoms with Crippen molar-refractivity contribution in [3.63, 3.8) is 0 Å². The molecule has 0 amide bonds. The molecule has 0 bridgehead atoms. The zero-order valence-corrected chi connectivity index (χ0v) is 26.0. The number of unbranched alkanes of at least 4 members (excludes halogenated alkanes) is 1. The SMILES string of the molecule is C=BC(CC)Cn1c2ccc(C(=O)C(=O)OCC(O)COCCCCOC(=O)C=C)cc2c2cc(C(=O)c3ccccc3)ccc21. The molecule has 9 nitrogen and oxygen atoms in total. The molecule has 4 aromatic rings. The van der Waals surface area contributed by atoms with Crippen LogP contribution in [0.1, 0.15) is 52.5 Å². The molecule has 0 aliphatic carbocycles. The monoisotopic (exact) mass is 623 g/mol. The number of aliphatic hydroxyl groups excluding tert-OH is 1. The molecule has 238 valence electrons. The van der Waals surface area contributed by atoms with E-state index < -0.39 is 30.4 Å². The number of benzene rings is 3. The topological polar surface area (TPSA) is 121 Å². The van der Waals surface area contributed by atoms with E-state index in [0.29, 0.717) is 37.1 Å². The van der Waals surface area contributed by atoms with Crippen molar-refractivity contribution >= 4 is 58.7 Å². The van der Waals surface area contributed by atoms with E-state index >= 15 is 0 Å². The van der Waals surface area contributed by atoms with Crippen molar-refractivity contribution in [2.24, 2.45) is 0 Å². The van der Waals surface area contributed by atoms with Crippen molar-refractivity contribution in [1.82, 2.24) is 4.57 Å². The molecule has 1 N–H and O–H groups in total. The Bertz CT molecular complexity index is 1730. The zero-order valence-electron chi connectivity index (χ0n) is 26.0. The zero-order chi connectivity index (χ0) is 33.1. The Morgan fingerprint density at radius 2 is 1.52 bits per heavy atom. The summed E-state index contributed by atoms with van der Waals surface area (Å²) in [5.41, 5.74) is 2.97. The summed E-state index contributed by atoms with van der Waals surface area (Å²) in [4.78, 5) is 50.1. The predicted molar refractivity (Wildman–Crippen MR) is 179 cm³/mol. The van der Waals surface area contributed by atoms with Crippen molar-refractivity contribution in [2.75, 3.05) is 26.4 Å². The average molecular weight is 624 g/mol. The predicted octanol–water partition coefficient (Wildman–Crippen LogP) is 4.97. The molecule has 4 rings (SSSR count). The first-order chi connectivity index (χ1) is 22.3. The molecule has 0 spiro atoms. The second-order valence-electron chi connectivity index (χ2n) is 10.9. The third-order valence-electron chi connectivity index (χ3n) is 7.70. The number of rotatable bonds is 18. The number of hydrogen-bond donors (Lipinski definition) is 1. The Morgan fingerprint density at radius 3 is 2.17 bits per heavy atom. The van der Waals surface area contributed by atoms with Crippen LogP contribution in [0, 0.1) is 0 Å². The Hall–Kier alpha value is -4.67. The van der Waals surface area contributed by atoms with E-state index in [0.717, 1.165) is 34.3 Å². The van der Waals surface area contributed by atoms with E-state index in [1.165, 1.54) is 0 Å². The molecule has 0 radical (unpaired) electrons. The van der Waals surface area contributed by atoms with Crippen molar-refractivity contribution in [3.05, 3.63) is 96.1 Å². The van der Waals surface area contributed by atoms with Gasteiger partial charge in [-0.1, -0.05) is 6.58 Å². The van der Waals surface area contributed by atoms with E-state index in [-0.39, 0.29) is 30.4 Å². The van der Waals surface area contributed by atoms with Crippen LogP contribution in [0.15, 0.2) is 79.4 Å². The number of aliphatic hydroxyl groups is 1. The van der Waals surface area contributed by atoms with Gasteiger partial charge in [-0.2, -0.15) is 0 Å². The first kappa shape index (κ1) is 34.2. The molecule has 0 saturated heterocycles. The van der Waals surface area contributed by atoms with Crippen LogP contribution in [-0.2, 0) is 30.3 Å². The number of Topliss-reactive ketones (excluding diaryl/α,β-unsaturated/α-hetero) is 1. The first-order valence-electron chi connectivity index (χ1n) is 15.3. The number of esters is 2. The van der Waals surface area contributed by atoms with Crippen LogP contribution >= 0.6 is 0 Å². The summed E-state index contributed by atoms with van der Waals surface area (Å²) in [6.07, 6.45) is 2.05. The summed E-state index contributed by atoms with van der Waals surface area (Å²) in [5, 5.41) is 11.7. The maximum atomic E-state index is 13.3. The summed E-state index contributed by atoms with van der Waals surface area (Å²) in [5.74, 6) is -2.34. The number of nitrogens with zero attached hydrogens (tertiary/aromatic N) is 1. The third-order valence-corrected chi connectivity index (χ3v) is 7.70. The number of hydrogen-bond acceptors (Lipinski definition) is 8. The minimum absolute atomic E-state index is 0.0904. The van der Waals surface area contributed by atoms with E-state index in [2.05, 4.69) is 24.5 Å². The normalized spacial score (nSPS) is 12.3. The molecule has 0 saturated carbocycles. The van der Waals surface area contributed by atoms with Gasteiger partial charge in [-0.25, -0.2) is 4.79 Å². The summed E-state index contributed by atoms with van der Waals surface area (Å²) in [6.45, 7) is 12.0. The number of carbonyl (C=O) groups is 4. The molecule has 1 aromatic heterocycles. The molecular weight excluding hydrogens is 585 g/mol. The van der Waals surface area contributed by atoms with Gasteiger partial charge >= 0.3 is 204 Å². The van der Waals surface area contributed by atoms with Crippen LogP contribution in [0.5, 0.6) is 0 Å². The van der Waals surface area contributed by atoms with E-state index in [9.17, 15) is 24.3 Å². The van der Waals surface area contributed by atoms with Gasteiger partial charge in [0.2, 0.25) is 0 Å². The van der Waals surface area contributed by atoms with E-state index in [1.54, 1.807) is 36.4 Å². The number of carbonyl (C=O) groups excluding carboxylic acids is 4. The van der Waals surface area contributed by atoms with Gasteiger partial charge in [0.1, 0.15) is 0 Å². The van der Waals surface area contributed by atoms with Crippen molar-refractivity contribution < 1.29 is 38.5 Å². The Kier molecular flexibility index (Phi) is 12.3. The molecule has 2 unspecified atom stereocenters. The fourth-order valence-electron chi connectivity index (χ4n) is 5.10. The maximum absolute atomic E-state index is 13.3. The average Bonchev–Trinajstić information content (AvgIpc) is 3.40. The molecule has 0 fully saturated rings. The molecule has 0 aliphatic rings. The van der Waals surface area contributed by atoms with Gasteiger partial charge in [0.25, 0.3) is 0 Å². The van der Waals surface area contributed by atoms with Crippen molar-refractivity contribution in [1.29, 1.82) is 0 Å². The Labute approximate surface area is 268 Å². The number of ether oxygens (including phenoxy) is 3. The van der Waals surface area contributed by atoms with E-state index in [4.69, 9.17) is 14.2 Å². The van der Waals surface area contributed by atoms with Gasteiger partial charge < -0.3 is 14.6 Å². The number of fused-ring (bicyclic) bond motifs is 3. The van der Waals surface area contributed by atoms with Gasteiger partial charge in [0.05, 0.1) is 13.2 Å². The molecule has 46 heavy (non-hydrogen) atoms. The van der Waals surface area contributed by atoms with Crippen molar-refractivity contribution in [2.45, 2.75) is 44.7 Å². The second-order valence-corrected chi connectivity index (χ2v) is 10.9. The van der Waals surface area contributed by atoms with Gasteiger partial charge in [-0.15, -0.1) is 0 Å². The molecule has 1 heterocycles. The summed E-state index contributed by atoms with van der Waals surface area (Å²) in [6, 6.07) is 19.6. The molecule has 10 heteroatoms. The minimum atomic E-state index is -1.12. The van der Waals surface area contributed by atoms with Gasteiger partial charge in [0, 0.05) is 12.7 Å². The van der Waals surface area contributed by atoms with Crippen LogP contribution in [0.4, 0.5) is 0 Å². The van der Waals surface area contributed by atoms with Crippen LogP contribution in [0.2, 0.25) is 5.82 Å². The first-order valence-corrected chi connectivity index (χ1v) is 15.3. The van der Waals surface area contributed by atoms with E-state index in [1.807, 2.05) is 37.3 Å². The fraction of sp³-hybridized carbons (Fsp3) is 0.306. The third kappa shape index (κ3) is 8.53. The summed E-state index contributed by atoms with van der Waals surface area (Å²) in [7, 11) is 0. The molecule has 3 aromatic carbocycles. The number of ketones is 2. The van der Waals surface area contributed by atoms with Crippen LogP contribution in [0.25, 0.3) is 21.8 Å².